The molecule has 1 heterocycles. The number of amides is 2. The fraction of sp³-hybridized carbons (Fsp3) is 0.250. The summed E-state index contributed by atoms with van der Waals surface area (Å²) in [6.45, 7) is 2.51. The Kier molecular flexibility index (Phi) is 5.72. The first-order chi connectivity index (χ1) is 13.4. The number of morpholine rings is 1. The van der Waals surface area contributed by atoms with Crippen molar-refractivity contribution in [3.05, 3.63) is 59.7 Å². The minimum Gasteiger partial charge on any atom is -0.384 e. The van der Waals surface area contributed by atoms with Crippen molar-refractivity contribution >= 4 is 29.0 Å². The molecule has 2 atom stereocenters. The normalized spacial score (nSPS) is 17.9. The van der Waals surface area contributed by atoms with Gasteiger partial charge in [-0.2, -0.15) is 0 Å². The van der Waals surface area contributed by atoms with E-state index in [0.29, 0.717) is 23.5 Å². The van der Waals surface area contributed by atoms with Crippen LogP contribution in [0.5, 0.6) is 0 Å². The number of nitrogens with two attached hydrogens (primary N) is 1. The number of amidine groups is 1. The smallest absolute Gasteiger partial charge is 0.259 e. The monoisotopic (exact) mass is 382 g/mol. The Morgan fingerprint density at radius 1 is 1.25 bits per heavy atom. The average Bonchev–Trinajstić information content (AvgIpc) is 2.69. The zero-order valence-corrected chi connectivity index (χ0v) is 15.4. The summed E-state index contributed by atoms with van der Waals surface area (Å²) in [5.74, 6) is -1.31. The highest BCUT2D eigenvalue weighted by Crippen LogP contribution is 2.21. The molecule has 28 heavy (non-hydrogen) atoms. The summed E-state index contributed by atoms with van der Waals surface area (Å²) in [5.41, 5.74) is 8.07. The minimum absolute atomic E-state index is 0.0877. The lowest BCUT2D eigenvalue weighted by Gasteiger charge is -2.34. The number of ether oxygens (including phenoxy) is 1. The maximum Gasteiger partial charge on any atom is 0.259 e. The van der Waals surface area contributed by atoms with Crippen molar-refractivity contribution in [2.24, 2.45) is 5.73 Å². The second kappa shape index (κ2) is 8.20. The molecule has 5 N–H and O–H groups in total. The van der Waals surface area contributed by atoms with E-state index in [2.05, 4.69) is 5.32 Å². The van der Waals surface area contributed by atoms with Gasteiger partial charge in [0.2, 0.25) is 0 Å². The van der Waals surface area contributed by atoms with Gasteiger partial charge in [-0.25, -0.2) is 0 Å². The number of carbonyl (C=O) groups excluding carboxylic acids is 2. The zero-order valence-electron chi connectivity index (χ0n) is 15.4. The van der Waals surface area contributed by atoms with E-state index < -0.39 is 24.0 Å². The van der Waals surface area contributed by atoms with Crippen LogP contribution in [0.15, 0.2) is 48.5 Å². The Bertz CT molecular complexity index is 880. The molecular weight excluding hydrogens is 360 g/mol. The zero-order chi connectivity index (χ0) is 20.3. The first kappa shape index (κ1) is 19.5. The fourth-order valence-electron chi connectivity index (χ4n) is 2.90. The molecule has 1 aliphatic rings. The van der Waals surface area contributed by atoms with E-state index in [0.717, 1.165) is 5.56 Å². The van der Waals surface area contributed by atoms with Crippen LogP contribution in [0, 0.1) is 12.3 Å². The van der Waals surface area contributed by atoms with Crippen LogP contribution in [0.25, 0.3) is 0 Å². The molecule has 0 aromatic heterocycles. The van der Waals surface area contributed by atoms with Gasteiger partial charge >= 0.3 is 0 Å². The SMILES string of the molecule is Cc1ccc(N2CCO[C@H]([C@@H](O)C(=O)Nc3ccc(C(=N)N)cc3)C2=O)cc1. The molecular formula is C20H22N4O4. The summed E-state index contributed by atoms with van der Waals surface area (Å²) in [4.78, 5) is 26.6. The highest BCUT2D eigenvalue weighted by molar-refractivity contribution is 6.04. The third kappa shape index (κ3) is 4.19. The molecule has 1 fully saturated rings. The minimum atomic E-state index is -1.66. The number of anilines is 2. The standard InChI is InChI=1S/C20H22N4O4/c1-12-2-8-15(9-3-12)24-10-11-28-17(20(24)27)16(25)19(26)23-14-6-4-13(5-7-14)18(21)22/h2-9,16-17,25H,10-11H2,1H3,(H3,21,22)(H,23,26)/t16-,17-/m1/s1. The fourth-order valence-corrected chi connectivity index (χ4v) is 2.90. The third-order valence-electron chi connectivity index (χ3n) is 4.49. The Labute approximate surface area is 162 Å². The Balaban J connectivity index is 1.69. The van der Waals surface area contributed by atoms with E-state index in [1.807, 2.05) is 31.2 Å². The number of nitrogen functional groups attached to an aromatic ring is 1. The number of aliphatic hydroxyl groups excluding tert-OH is 1. The van der Waals surface area contributed by atoms with Crippen molar-refractivity contribution in [2.45, 2.75) is 19.1 Å². The maximum atomic E-state index is 12.8. The summed E-state index contributed by atoms with van der Waals surface area (Å²) in [7, 11) is 0. The van der Waals surface area contributed by atoms with Crippen LogP contribution < -0.4 is 16.0 Å². The number of benzene rings is 2. The van der Waals surface area contributed by atoms with Crippen LogP contribution in [-0.2, 0) is 14.3 Å². The van der Waals surface area contributed by atoms with E-state index in [1.54, 1.807) is 24.3 Å². The Morgan fingerprint density at radius 2 is 1.89 bits per heavy atom. The molecule has 1 saturated heterocycles. The molecule has 8 heteroatoms. The lowest BCUT2D eigenvalue weighted by atomic mass is 10.1. The van der Waals surface area contributed by atoms with Crippen molar-refractivity contribution in [2.75, 3.05) is 23.4 Å². The lowest BCUT2D eigenvalue weighted by Crippen LogP contribution is -2.55. The molecule has 2 amide bonds. The quantitative estimate of drug-likeness (QED) is 0.453. The summed E-state index contributed by atoms with van der Waals surface area (Å²) < 4.78 is 5.39. The van der Waals surface area contributed by atoms with E-state index >= 15 is 0 Å². The first-order valence-corrected chi connectivity index (χ1v) is 8.80. The highest BCUT2D eigenvalue weighted by Gasteiger charge is 2.39. The maximum absolute atomic E-state index is 12.8. The van der Waals surface area contributed by atoms with Crippen LogP contribution in [0.3, 0.4) is 0 Å². The van der Waals surface area contributed by atoms with Crippen LogP contribution in [-0.4, -0.2) is 48.1 Å². The number of nitrogens with zero attached hydrogens (tertiary/aromatic N) is 1. The molecule has 2 aromatic carbocycles. The van der Waals surface area contributed by atoms with Gasteiger partial charge in [0, 0.05) is 23.5 Å². The first-order valence-electron chi connectivity index (χ1n) is 8.80. The van der Waals surface area contributed by atoms with Crippen LogP contribution >= 0.6 is 0 Å². The number of aliphatic hydroxyl groups is 1. The van der Waals surface area contributed by atoms with Crippen LogP contribution in [0.1, 0.15) is 11.1 Å². The number of carbonyl (C=O) groups is 2. The van der Waals surface area contributed by atoms with Crippen LogP contribution in [0.2, 0.25) is 0 Å². The largest absolute Gasteiger partial charge is 0.384 e. The predicted octanol–water partition coefficient (Wildman–Crippen LogP) is 1.01. The number of aryl methyl sites for hydroxylation is 1. The van der Waals surface area contributed by atoms with Gasteiger partial charge < -0.3 is 25.8 Å². The van der Waals surface area contributed by atoms with Gasteiger partial charge in [0.1, 0.15) is 5.84 Å². The number of nitrogens with one attached hydrogen (secondary N) is 2. The molecule has 0 aliphatic carbocycles. The van der Waals surface area contributed by atoms with Crippen molar-refractivity contribution in [3.8, 4) is 0 Å². The van der Waals surface area contributed by atoms with E-state index in [4.69, 9.17) is 15.9 Å². The van der Waals surface area contributed by atoms with E-state index in [9.17, 15) is 14.7 Å². The van der Waals surface area contributed by atoms with Gasteiger partial charge in [0.25, 0.3) is 11.8 Å². The lowest BCUT2D eigenvalue weighted by molar-refractivity contribution is -0.150. The van der Waals surface area contributed by atoms with Crippen molar-refractivity contribution in [1.82, 2.24) is 0 Å². The van der Waals surface area contributed by atoms with Gasteiger partial charge in [-0.3, -0.25) is 15.0 Å². The summed E-state index contributed by atoms with van der Waals surface area (Å²) >= 11 is 0. The Hall–Kier alpha value is -3.23. The molecule has 3 rings (SSSR count). The van der Waals surface area contributed by atoms with Crippen LogP contribution in [0.4, 0.5) is 11.4 Å². The molecule has 146 valence electrons. The molecule has 1 aliphatic heterocycles. The second-order valence-corrected chi connectivity index (χ2v) is 6.54. The molecule has 0 unspecified atom stereocenters. The molecule has 0 saturated carbocycles. The van der Waals surface area contributed by atoms with Gasteiger partial charge in [-0.15, -0.1) is 0 Å². The highest BCUT2D eigenvalue weighted by atomic mass is 16.5. The summed E-state index contributed by atoms with van der Waals surface area (Å²) in [6.07, 6.45) is -2.94. The second-order valence-electron chi connectivity index (χ2n) is 6.54. The number of hydrogen-bond acceptors (Lipinski definition) is 5. The molecule has 2 aromatic rings. The molecule has 0 spiro atoms. The van der Waals surface area contributed by atoms with Crippen molar-refractivity contribution in [3.63, 3.8) is 0 Å². The predicted molar refractivity (Wildman–Crippen MR) is 105 cm³/mol. The number of rotatable bonds is 5. The van der Waals surface area contributed by atoms with Gasteiger partial charge in [0.15, 0.2) is 12.2 Å². The summed E-state index contributed by atoms with van der Waals surface area (Å²) in [6, 6.07) is 13.7. The Morgan fingerprint density at radius 3 is 2.50 bits per heavy atom. The van der Waals surface area contributed by atoms with E-state index in [1.165, 1.54) is 4.90 Å². The van der Waals surface area contributed by atoms with Gasteiger partial charge in [0.05, 0.1) is 6.61 Å². The van der Waals surface area contributed by atoms with E-state index in [-0.39, 0.29) is 12.4 Å². The topological polar surface area (TPSA) is 129 Å². The molecule has 0 bridgehead atoms. The van der Waals surface area contributed by atoms with Crippen molar-refractivity contribution < 1.29 is 19.4 Å². The van der Waals surface area contributed by atoms with Gasteiger partial charge in [-0.05, 0) is 43.3 Å². The average molecular weight is 382 g/mol. The van der Waals surface area contributed by atoms with Crippen molar-refractivity contribution in [1.29, 1.82) is 5.41 Å². The molecule has 8 nitrogen and oxygen atoms in total. The third-order valence-corrected chi connectivity index (χ3v) is 4.49. The summed E-state index contributed by atoms with van der Waals surface area (Å²) in [5, 5.41) is 20.3. The number of hydrogen-bond donors (Lipinski definition) is 4. The molecule has 0 radical (unpaired) electrons. The van der Waals surface area contributed by atoms with Gasteiger partial charge in [-0.1, -0.05) is 17.7 Å².